The first kappa shape index (κ1) is 16.0. The number of nitrogens with one attached hydrogen (secondary N) is 1. The molecule has 0 unspecified atom stereocenters. The van der Waals surface area contributed by atoms with Gasteiger partial charge in [0.25, 0.3) is 5.91 Å². The lowest BCUT2D eigenvalue weighted by molar-refractivity contribution is 0.0895. The smallest absolute Gasteiger partial charge is 0.290 e. The molecule has 0 bridgehead atoms. The number of rotatable bonds is 6. The third-order valence-corrected chi connectivity index (χ3v) is 3.80. The van der Waals surface area contributed by atoms with E-state index in [1.54, 1.807) is 18.6 Å². The fourth-order valence-corrected chi connectivity index (χ4v) is 2.42. The van der Waals surface area contributed by atoms with E-state index in [4.69, 9.17) is 4.52 Å². The van der Waals surface area contributed by atoms with Gasteiger partial charge >= 0.3 is 0 Å². The van der Waals surface area contributed by atoms with Crippen LogP contribution >= 0.6 is 0 Å². The maximum atomic E-state index is 12.5. The molecule has 1 N–H and O–H groups in total. The number of benzene rings is 1. The van der Waals surface area contributed by atoms with Gasteiger partial charge in [0.15, 0.2) is 0 Å². The minimum atomic E-state index is -0.275. The van der Waals surface area contributed by atoms with Gasteiger partial charge in [0.05, 0.1) is 18.1 Å². The molecular weight excluding hydrogens is 304 g/mol. The van der Waals surface area contributed by atoms with E-state index in [1.165, 1.54) is 0 Å². The van der Waals surface area contributed by atoms with Gasteiger partial charge in [-0.05, 0) is 11.5 Å². The van der Waals surface area contributed by atoms with Gasteiger partial charge in [0.2, 0.25) is 5.76 Å². The summed E-state index contributed by atoms with van der Waals surface area (Å²) in [6.07, 6.45) is 5.32. The predicted molar refractivity (Wildman–Crippen MR) is 89.5 cm³/mol. The van der Waals surface area contributed by atoms with Crippen LogP contribution < -0.4 is 5.32 Å². The number of carbonyl (C=O) groups is 1. The second-order valence-electron chi connectivity index (χ2n) is 5.97. The molecule has 1 aromatic carbocycles. The largest absolute Gasteiger partial charge is 0.351 e. The molecule has 0 aliphatic heterocycles. The van der Waals surface area contributed by atoms with Crippen LogP contribution in [-0.4, -0.2) is 20.6 Å². The van der Waals surface area contributed by atoms with Gasteiger partial charge in [-0.15, -0.1) is 0 Å². The number of hydrogen-bond donors (Lipinski definition) is 1. The van der Waals surface area contributed by atoms with E-state index >= 15 is 0 Å². The maximum Gasteiger partial charge on any atom is 0.290 e. The minimum absolute atomic E-state index is 0.194. The van der Waals surface area contributed by atoms with Crippen molar-refractivity contribution in [2.24, 2.45) is 0 Å². The van der Waals surface area contributed by atoms with Crippen LogP contribution in [0.2, 0.25) is 0 Å². The minimum Gasteiger partial charge on any atom is -0.351 e. The molecule has 24 heavy (non-hydrogen) atoms. The zero-order valence-electron chi connectivity index (χ0n) is 13.7. The van der Waals surface area contributed by atoms with Crippen LogP contribution in [0.15, 0.2) is 59.6 Å². The van der Waals surface area contributed by atoms with Crippen molar-refractivity contribution in [3.05, 3.63) is 72.1 Å². The van der Waals surface area contributed by atoms with Crippen LogP contribution in [0.3, 0.4) is 0 Å². The summed E-state index contributed by atoms with van der Waals surface area (Å²) in [5.41, 5.74) is 1.79. The van der Waals surface area contributed by atoms with E-state index in [9.17, 15) is 4.79 Å². The van der Waals surface area contributed by atoms with E-state index in [-0.39, 0.29) is 23.6 Å². The molecule has 6 nitrogen and oxygen atoms in total. The van der Waals surface area contributed by atoms with Crippen LogP contribution in [0.25, 0.3) is 0 Å². The molecule has 2 heterocycles. The van der Waals surface area contributed by atoms with Gasteiger partial charge in [0, 0.05) is 25.0 Å². The lowest BCUT2D eigenvalue weighted by Gasteiger charge is -2.19. The number of aromatic nitrogens is 3. The summed E-state index contributed by atoms with van der Waals surface area (Å²) in [4.78, 5) is 16.6. The van der Waals surface area contributed by atoms with Crippen molar-refractivity contribution in [3.63, 3.8) is 0 Å². The quantitative estimate of drug-likeness (QED) is 0.756. The predicted octanol–water partition coefficient (Wildman–Crippen LogP) is 3.17. The number of imidazole rings is 1. The second-order valence-corrected chi connectivity index (χ2v) is 5.97. The second kappa shape index (κ2) is 7.12. The summed E-state index contributed by atoms with van der Waals surface area (Å²) in [5.74, 6) is 0.166. The Morgan fingerprint density at radius 2 is 2.08 bits per heavy atom. The molecule has 3 rings (SSSR count). The molecule has 0 radical (unpaired) electrons. The lowest BCUT2D eigenvalue weighted by atomic mass is 10.1. The monoisotopic (exact) mass is 324 g/mol. The first-order chi connectivity index (χ1) is 11.6. The van der Waals surface area contributed by atoms with Crippen LogP contribution in [0.5, 0.6) is 0 Å². The van der Waals surface area contributed by atoms with Crippen molar-refractivity contribution in [3.8, 4) is 0 Å². The molecule has 0 spiro atoms. The first-order valence-electron chi connectivity index (χ1n) is 7.91. The Morgan fingerprint density at radius 1 is 1.29 bits per heavy atom. The molecule has 0 saturated heterocycles. The molecular formula is C18H20N4O2. The fraction of sp³-hybridized carbons (Fsp3) is 0.278. The Hall–Kier alpha value is -2.89. The molecule has 3 aromatic rings. The average Bonchev–Trinajstić information content (AvgIpc) is 3.26. The van der Waals surface area contributed by atoms with E-state index in [1.807, 2.05) is 54.9 Å². The van der Waals surface area contributed by atoms with Crippen molar-refractivity contribution in [1.29, 1.82) is 0 Å². The zero-order chi connectivity index (χ0) is 16.9. The highest BCUT2D eigenvalue weighted by atomic mass is 16.5. The van der Waals surface area contributed by atoms with Crippen molar-refractivity contribution >= 4 is 5.91 Å². The van der Waals surface area contributed by atoms with Crippen LogP contribution in [0, 0.1) is 0 Å². The normalized spacial score (nSPS) is 12.3. The van der Waals surface area contributed by atoms with Gasteiger partial charge in [-0.1, -0.05) is 49.3 Å². The van der Waals surface area contributed by atoms with Crippen LogP contribution in [0.1, 0.15) is 47.6 Å². The molecule has 1 amide bonds. The summed E-state index contributed by atoms with van der Waals surface area (Å²) in [6, 6.07) is 11.3. The standard InChI is InChI=1S/C18H20N4O2/c1-13(2)15-10-17(24-21-15)18(23)20-16(11-22-9-8-19-12-22)14-6-4-3-5-7-14/h3-10,12-13,16H,11H2,1-2H3,(H,20,23)/t16-/m1/s1. The fourth-order valence-electron chi connectivity index (χ4n) is 2.42. The third kappa shape index (κ3) is 3.71. The Labute approximate surface area is 140 Å². The van der Waals surface area contributed by atoms with Crippen molar-refractivity contribution in [1.82, 2.24) is 20.0 Å². The lowest BCUT2D eigenvalue weighted by Crippen LogP contribution is -2.31. The molecule has 0 fully saturated rings. The molecule has 0 aliphatic rings. The Kier molecular flexibility index (Phi) is 4.74. The number of nitrogens with zero attached hydrogens (tertiary/aromatic N) is 3. The summed E-state index contributed by atoms with van der Waals surface area (Å²) in [6.45, 7) is 4.59. The van der Waals surface area contributed by atoms with Gasteiger partial charge in [-0.2, -0.15) is 0 Å². The molecule has 1 atom stereocenters. The number of carbonyl (C=O) groups excluding carboxylic acids is 1. The van der Waals surface area contributed by atoms with Gasteiger partial charge in [0.1, 0.15) is 0 Å². The Balaban J connectivity index is 1.79. The van der Waals surface area contributed by atoms with Gasteiger partial charge in [-0.25, -0.2) is 4.98 Å². The summed E-state index contributed by atoms with van der Waals surface area (Å²) in [7, 11) is 0. The van der Waals surface area contributed by atoms with Crippen molar-refractivity contribution < 1.29 is 9.32 Å². The highest BCUT2D eigenvalue weighted by Crippen LogP contribution is 2.18. The molecule has 0 saturated carbocycles. The summed E-state index contributed by atoms with van der Waals surface area (Å²) >= 11 is 0. The van der Waals surface area contributed by atoms with E-state index in [0.717, 1.165) is 11.3 Å². The molecule has 124 valence electrons. The van der Waals surface area contributed by atoms with Crippen molar-refractivity contribution in [2.45, 2.75) is 32.4 Å². The van der Waals surface area contributed by atoms with Gasteiger partial charge < -0.3 is 14.4 Å². The highest BCUT2D eigenvalue weighted by Gasteiger charge is 2.20. The van der Waals surface area contributed by atoms with Crippen molar-refractivity contribution in [2.75, 3.05) is 0 Å². The molecule has 6 heteroatoms. The maximum absolute atomic E-state index is 12.5. The number of amides is 1. The third-order valence-electron chi connectivity index (χ3n) is 3.80. The van der Waals surface area contributed by atoms with E-state index in [2.05, 4.69) is 15.5 Å². The first-order valence-corrected chi connectivity index (χ1v) is 7.91. The summed E-state index contributed by atoms with van der Waals surface area (Å²) in [5, 5.41) is 6.96. The topological polar surface area (TPSA) is 73.0 Å². The number of hydrogen-bond acceptors (Lipinski definition) is 4. The summed E-state index contributed by atoms with van der Waals surface area (Å²) < 4.78 is 7.11. The Bertz CT molecular complexity index is 778. The molecule has 2 aromatic heterocycles. The van der Waals surface area contributed by atoms with E-state index < -0.39 is 0 Å². The van der Waals surface area contributed by atoms with E-state index in [0.29, 0.717) is 6.54 Å². The SMILES string of the molecule is CC(C)c1cc(C(=O)N[C@H](Cn2ccnc2)c2ccccc2)on1. The molecule has 0 aliphatic carbocycles. The van der Waals surface area contributed by atoms with Crippen LogP contribution in [-0.2, 0) is 6.54 Å². The van der Waals surface area contributed by atoms with Crippen LogP contribution in [0.4, 0.5) is 0 Å². The Morgan fingerprint density at radius 3 is 2.71 bits per heavy atom. The highest BCUT2D eigenvalue weighted by molar-refractivity contribution is 5.91. The van der Waals surface area contributed by atoms with Gasteiger partial charge in [-0.3, -0.25) is 4.79 Å². The zero-order valence-corrected chi connectivity index (χ0v) is 13.7. The average molecular weight is 324 g/mol.